The lowest BCUT2D eigenvalue weighted by Crippen LogP contribution is -2.43. The van der Waals surface area contributed by atoms with Crippen LogP contribution in [0.25, 0.3) is 0 Å². The van der Waals surface area contributed by atoms with Crippen molar-refractivity contribution in [2.75, 3.05) is 33.4 Å². The van der Waals surface area contributed by atoms with Crippen LogP contribution < -0.4 is 5.32 Å². The van der Waals surface area contributed by atoms with Crippen molar-refractivity contribution in [3.8, 4) is 0 Å². The highest BCUT2D eigenvalue weighted by atomic mass is 16.5. The second-order valence-corrected chi connectivity index (χ2v) is 7.39. The lowest BCUT2D eigenvalue weighted by Gasteiger charge is -2.23. The second-order valence-electron chi connectivity index (χ2n) is 7.39. The van der Waals surface area contributed by atoms with Crippen LogP contribution >= 0.6 is 0 Å². The summed E-state index contributed by atoms with van der Waals surface area (Å²) in [6.07, 6.45) is 2.37. The number of carbonyl (C=O) groups excluding carboxylic acids is 1. The van der Waals surface area contributed by atoms with Gasteiger partial charge in [0.05, 0.1) is 19.1 Å². The Morgan fingerprint density at radius 3 is 2.85 bits per heavy atom. The molecule has 2 aliphatic heterocycles. The third kappa shape index (κ3) is 4.58. The third-order valence-electron chi connectivity index (χ3n) is 5.48. The van der Waals surface area contributed by atoms with E-state index < -0.39 is 0 Å². The number of methoxy groups -OCH3 is 1. The topological polar surface area (TPSA) is 93.9 Å². The number of aliphatic imine (C=N–C) groups is 1. The molecular formula is C18H30N6O3. The molecule has 1 aromatic heterocycles. The van der Waals surface area contributed by atoms with Crippen molar-refractivity contribution in [2.24, 2.45) is 23.9 Å². The quantitative estimate of drug-likeness (QED) is 0.453. The molecule has 0 aromatic carbocycles. The number of nitrogens with one attached hydrogen (secondary N) is 1. The molecule has 3 rings (SSSR count). The summed E-state index contributed by atoms with van der Waals surface area (Å²) in [6.45, 7) is 7.31. The highest BCUT2D eigenvalue weighted by Gasteiger charge is 2.37. The van der Waals surface area contributed by atoms with Gasteiger partial charge < -0.3 is 24.3 Å². The van der Waals surface area contributed by atoms with Crippen molar-refractivity contribution in [3.05, 3.63) is 11.6 Å². The van der Waals surface area contributed by atoms with E-state index in [1.165, 1.54) is 7.11 Å². The molecule has 2 aliphatic rings. The van der Waals surface area contributed by atoms with Gasteiger partial charge in [-0.1, -0.05) is 6.92 Å². The average molecular weight is 378 g/mol. The minimum absolute atomic E-state index is 0.137. The molecule has 9 heteroatoms. The maximum atomic E-state index is 12.0. The minimum Gasteiger partial charge on any atom is -0.469 e. The number of hydrogen-bond donors (Lipinski definition) is 1. The largest absolute Gasteiger partial charge is 0.469 e. The molecule has 3 heterocycles. The molecule has 9 nitrogen and oxygen atoms in total. The van der Waals surface area contributed by atoms with Crippen LogP contribution in [0.5, 0.6) is 0 Å². The summed E-state index contributed by atoms with van der Waals surface area (Å²) in [4.78, 5) is 18.9. The molecule has 0 amide bonds. The van der Waals surface area contributed by atoms with Crippen molar-refractivity contribution in [1.29, 1.82) is 0 Å². The summed E-state index contributed by atoms with van der Waals surface area (Å²) in [5.41, 5.74) is 0. The van der Waals surface area contributed by atoms with Crippen LogP contribution in [-0.2, 0) is 27.9 Å². The lowest BCUT2D eigenvalue weighted by atomic mass is 9.99. The number of hydrogen-bond acceptors (Lipinski definition) is 6. The Hall–Kier alpha value is -2.16. The molecule has 0 aliphatic carbocycles. The van der Waals surface area contributed by atoms with E-state index in [2.05, 4.69) is 27.3 Å². The summed E-state index contributed by atoms with van der Waals surface area (Å²) in [6, 6.07) is 0. The van der Waals surface area contributed by atoms with Crippen molar-refractivity contribution in [3.63, 3.8) is 0 Å². The predicted octanol–water partition coefficient (Wildman–Crippen LogP) is 0.489. The van der Waals surface area contributed by atoms with E-state index in [1.807, 2.05) is 18.5 Å². The van der Waals surface area contributed by atoms with Gasteiger partial charge in [-0.25, -0.2) is 4.99 Å². The highest BCUT2D eigenvalue weighted by Crippen LogP contribution is 2.24. The van der Waals surface area contributed by atoms with Crippen LogP contribution in [0.3, 0.4) is 0 Å². The number of esters is 1. The normalized spacial score (nSPS) is 25.9. The van der Waals surface area contributed by atoms with Gasteiger partial charge in [0, 0.05) is 33.3 Å². The van der Waals surface area contributed by atoms with Gasteiger partial charge in [-0.2, -0.15) is 0 Å². The number of rotatable bonds is 5. The van der Waals surface area contributed by atoms with Gasteiger partial charge in [0.2, 0.25) is 0 Å². The van der Waals surface area contributed by atoms with E-state index in [1.54, 1.807) is 0 Å². The van der Waals surface area contributed by atoms with Gasteiger partial charge in [0.1, 0.15) is 12.4 Å². The SMILES string of the molecule is COC(=O)C1CN(C(=NCc2nnc(C)n2C)NCC2CCCO2)CC1C. The number of aromatic nitrogens is 3. The molecular weight excluding hydrogens is 348 g/mol. The highest BCUT2D eigenvalue weighted by molar-refractivity contribution is 5.82. The van der Waals surface area contributed by atoms with Crippen LogP contribution in [0.15, 0.2) is 4.99 Å². The zero-order valence-corrected chi connectivity index (χ0v) is 16.6. The molecule has 150 valence electrons. The van der Waals surface area contributed by atoms with Crippen LogP contribution in [0, 0.1) is 18.8 Å². The summed E-state index contributed by atoms with van der Waals surface area (Å²) < 4.78 is 12.6. The molecule has 1 aromatic rings. The zero-order chi connectivity index (χ0) is 19.4. The van der Waals surface area contributed by atoms with Crippen molar-refractivity contribution in [2.45, 2.75) is 39.3 Å². The first kappa shape index (κ1) is 19.6. The van der Waals surface area contributed by atoms with Crippen molar-refractivity contribution in [1.82, 2.24) is 25.0 Å². The number of ether oxygens (including phenoxy) is 2. The second kappa shape index (κ2) is 8.69. The Labute approximate surface area is 160 Å². The molecule has 0 saturated carbocycles. The van der Waals surface area contributed by atoms with E-state index in [-0.39, 0.29) is 23.9 Å². The molecule has 1 N–H and O–H groups in total. The van der Waals surface area contributed by atoms with Crippen molar-refractivity contribution < 1.29 is 14.3 Å². The van der Waals surface area contributed by atoms with E-state index in [0.717, 1.165) is 43.6 Å². The number of nitrogens with zero attached hydrogens (tertiary/aromatic N) is 5. The first-order valence-corrected chi connectivity index (χ1v) is 9.57. The molecule has 3 unspecified atom stereocenters. The molecule has 3 atom stereocenters. The Balaban J connectivity index is 1.71. The van der Waals surface area contributed by atoms with Crippen LogP contribution in [0.1, 0.15) is 31.4 Å². The van der Waals surface area contributed by atoms with Gasteiger partial charge in [-0.15, -0.1) is 10.2 Å². The summed E-state index contributed by atoms with van der Waals surface area (Å²) in [5, 5.41) is 11.7. The van der Waals surface area contributed by atoms with E-state index in [4.69, 9.17) is 14.5 Å². The fourth-order valence-electron chi connectivity index (χ4n) is 3.61. The average Bonchev–Trinajstić information content (AvgIpc) is 3.38. The van der Waals surface area contributed by atoms with Crippen molar-refractivity contribution >= 4 is 11.9 Å². The molecule has 2 saturated heterocycles. The van der Waals surface area contributed by atoms with E-state index >= 15 is 0 Å². The van der Waals surface area contributed by atoms with Gasteiger partial charge in [0.15, 0.2) is 11.8 Å². The van der Waals surface area contributed by atoms with Crippen LogP contribution in [-0.4, -0.2) is 71.0 Å². The van der Waals surface area contributed by atoms with E-state index in [0.29, 0.717) is 19.6 Å². The fraction of sp³-hybridized carbons (Fsp3) is 0.778. The Morgan fingerprint density at radius 2 is 2.22 bits per heavy atom. The Morgan fingerprint density at radius 1 is 1.41 bits per heavy atom. The van der Waals surface area contributed by atoms with E-state index in [9.17, 15) is 4.79 Å². The molecule has 27 heavy (non-hydrogen) atoms. The lowest BCUT2D eigenvalue weighted by molar-refractivity contribution is -0.145. The van der Waals surface area contributed by atoms with Gasteiger partial charge >= 0.3 is 5.97 Å². The maximum absolute atomic E-state index is 12.0. The smallest absolute Gasteiger partial charge is 0.310 e. The first-order valence-electron chi connectivity index (χ1n) is 9.57. The third-order valence-corrected chi connectivity index (χ3v) is 5.48. The molecule has 0 bridgehead atoms. The number of carbonyl (C=O) groups is 1. The summed E-state index contributed by atoms with van der Waals surface area (Å²) >= 11 is 0. The maximum Gasteiger partial charge on any atom is 0.310 e. The van der Waals surface area contributed by atoms with Crippen LogP contribution in [0.4, 0.5) is 0 Å². The molecule has 2 fully saturated rings. The Bertz CT molecular complexity index is 683. The van der Waals surface area contributed by atoms with Crippen LogP contribution in [0.2, 0.25) is 0 Å². The summed E-state index contributed by atoms with van der Waals surface area (Å²) in [5.74, 6) is 2.36. The number of likely N-dealkylation sites (tertiary alicyclic amines) is 1. The zero-order valence-electron chi connectivity index (χ0n) is 16.6. The monoisotopic (exact) mass is 378 g/mol. The summed E-state index contributed by atoms with van der Waals surface area (Å²) in [7, 11) is 3.38. The van der Waals surface area contributed by atoms with Gasteiger partial charge in [-0.05, 0) is 25.7 Å². The Kier molecular flexibility index (Phi) is 6.30. The van der Waals surface area contributed by atoms with Gasteiger partial charge in [-0.3, -0.25) is 4.79 Å². The fourth-order valence-corrected chi connectivity index (χ4v) is 3.61. The standard InChI is InChI=1S/C18H30N6O3/c1-12-10-24(11-15(12)17(25)26-4)18(19-8-14-6-5-7-27-14)20-9-16-22-21-13(2)23(16)3/h12,14-15H,5-11H2,1-4H3,(H,19,20). The molecule has 0 spiro atoms. The number of aryl methyl sites for hydroxylation is 1. The molecule has 0 radical (unpaired) electrons. The first-order chi connectivity index (χ1) is 13.0. The minimum atomic E-state index is -0.160. The van der Waals surface area contributed by atoms with Gasteiger partial charge in [0.25, 0.3) is 0 Å². The number of guanidine groups is 1. The predicted molar refractivity (Wildman–Crippen MR) is 100 cm³/mol.